The molecule has 2 aromatic rings. The van der Waals surface area contributed by atoms with Crippen molar-refractivity contribution in [1.29, 1.82) is 0 Å². The number of nitrogens with two attached hydrogens (primary N) is 1. The third-order valence-corrected chi connectivity index (χ3v) is 4.54. The van der Waals surface area contributed by atoms with Crippen molar-refractivity contribution in [3.8, 4) is 5.75 Å². The van der Waals surface area contributed by atoms with Gasteiger partial charge in [0.1, 0.15) is 12.4 Å². The number of nitrogens with one attached hydrogen (secondary N) is 1. The molecule has 4 heteroatoms. The summed E-state index contributed by atoms with van der Waals surface area (Å²) in [4.78, 5) is 0. The van der Waals surface area contributed by atoms with E-state index in [1.165, 1.54) is 0 Å². The number of rotatable bonds is 5. The van der Waals surface area contributed by atoms with E-state index in [4.69, 9.17) is 10.5 Å². The summed E-state index contributed by atoms with van der Waals surface area (Å²) in [5.74, 6) is 0.695. The van der Waals surface area contributed by atoms with Crippen molar-refractivity contribution in [1.82, 2.24) is 5.32 Å². The van der Waals surface area contributed by atoms with Crippen molar-refractivity contribution >= 4 is 5.69 Å². The lowest BCUT2D eigenvalue weighted by Crippen LogP contribution is -2.42. The minimum Gasteiger partial charge on any atom is -0.487 e. The zero-order valence-electron chi connectivity index (χ0n) is 14.3. The van der Waals surface area contributed by atoms with Crippen LogP contribution >= 0.6 is 0 Å². The Morgan fingerprint density at radius 2 is 1.96 bits per heavy atom. The molecule has 0 aliphatic heterocycles. The molecular weight excluding hydrogens is 300 g/mol. The van der Waals surface area contributed by atoms with E-state index in [1.807, 2.05) is 42.5 Å². The number of hydrogen-bond acceptors (Lipinski definition) is 4. The Labute approximate surface area is 143 Å². The number of hydrogen-bond donors (Lipinski definition) is 3. The Morgan fingerprint density at radius 3 is 2.67 bits per heavy atom. The third kappa shape index (κ3) is 3.55. The van der Waals surface area contributed by atoms with Crippen LogP contribution in [0.2, 0.25) is 0 Å². The molecule has 2 aromatic carbocycles. The summed E-state index contributed by atoms with van der Waals surface area (Å²) >= 11 is 0. The van der Waals surface area contributed by atoms with Gasteiger partial charge in [0, 0.05) is 12.1 Å². The molecule has 0 fully saturated rings. The van der Waals surface area contributed by atoms with Crippen LogP contribution in [0.15, 0.2) is 42.5 Å². The van der Waals surface area contributed by atoms with Crippen LogP contribution in [0.1, 0.15) is 43.1 Å². The van der Waals surface area contributed by atoms with Gasteiger partial charge in [-0.25, -0.2) is 0 Å². The number of benzene rings is 2. The molecule has 0 unspecified atom stereocenters. The van der Waals surface area contributed by atoms with Gasteiger partial charge in [-0.15, -0.1) is 0 Å². The zero-order valence-corrected chi connectivity index (χ0v) is 14.3. The lowest BCUT2D eigenvalue weighted by molar-refractivity contribution is 0.110. The number of aliphatic hydroxyl groups is 1. The molecule has 0 saturated heterocycles. The van der Waals surface area contributed by atoms with Crippen LogP contribution in [0.5, 0.6) is 5.75 Å². The van der Waals surface area contributed by atoms with E-state index in [2.05, 4.69) is 19.2 Å². The maximum atomic E-state index is 10.6. The molecule has 0 aromatic heterocycles. The smallest absolute Gasteiger partial charge is 0.142 e. The number of nitrogen functional groups attached to an aromatic ring is 1. The van der Waals surface area contributed by atoms with Crippen molar-refractivity contribution in [3.05, 3.63) is 59.2 Å². The van der Waals surface area contributed by atoms with Crippen molar-refractivity contribution in [2.24, 2.45) is 0 Å². The Balaban J connectivity index is 1.76. The highest BCUT2D eigenvalue weighted by Gasteiger charge is 2.30. The molecule has 24 heavy (non-hydrogen) atoms. The third-order valence-electron chi connectivity index (χ3n) is 4.54. The van der Waals surface area contributed by atoms with Crippen LogP contribution in [0, 0.1) is 0 Å². The van der Waals surface area contributed by atoms with Crippen molar-refractivity contribution in [3.63, 3.8) is 0 Å². The van der Waals surface area contributed by atoms with Crippen LogP contribution in [-0.2, 0) is 13.0 Å². The molecule has 0 spiro atoms. The molecule has 0 amide bonds. The maximum absolute atomic E-state index is 10.6. The highest BCUT2D eigenvalue weighted by Crippen LogP contribution is 2.38. The monoisotopic (exact) mass is 326 g/mol. The van der Waals surface area contributed by atoms with Crippen molar-refractivity contribution in [2.75, 3.05) is 5.73 Å². The van der Waals surface area contributed by atoms with Gasteiger partial charge >= 0.3 is 0 Å². The Morgan fingerprint density at radius 1 is 1.21 bits per heavy atom. The van der Waals surface area contributed by atoms with Gasteiger partial charge in [0.25, 0.3) is 0 Å². The highest BCUT2D eigenvalue weighted by molar-refractivity contribution is 5.62. The first kappa shape index (κ1) is 16.8. The van der Waals surface area contributed by atoms with Gasteiger partial charge in [0.05, 0.1) is 11.8 Å². The van der Waals surface area contributed by atoms with E-state index in [1.54, 1.807) is 0 Å². The Bertz CT molecular complexity index is 686. The van der Waals surface area contributed by atoms with Crippen molar-refractivity contribution < 1.29 is 9.84 Å². The van der Waals surface area contributed by atoms with E-state index in [9.17, 15) is 5.11 Å². The molecule has 2 atom stereocenters. The molecule has 4 nitrogen and oxygen atoms in total. The molecule has 128 valence electrons. The van der Waals surface area contributed by atoms with Gasteiger partial charge in [0.15, 0.2) is 0 Å². The lowest BCUT2D eigenvalue weighted by atomic mass is 9.84. The van der Waals surface area contributed by atoms with E-state index < -0.39 is 6.10 Å². The molecule has 0 bridgehead atoms. The lowest BCUT2D eigenvalue weighted by Gasteiger charge is -2.33. The zero-order chi connectivity index (χ0) is 17.1. The summed E-state index contributed by atoms with van der Waals surface area (Å²) in [7, 11) is 0. The second-order valence-electron chi connectivity index (χ2n) is 6.73. The average Bonchev–Trinajstić information content (AvgIpc) is 2.57. The van der Waals surface area contributed by atoms with Gasteiger partial charge in [-0.2, -0.15) is 0 Å². The van der Waals surface area contributed by atoms with E-state index >= 15 is 0 Å². The van der Waals surface area contributed by atoms with Gasteiger partial charge in [-0.1, -0.05) is 50.2 Å². The van der Waals surface area contributed by atoms with E-state index in [0.717, 1.165) is 29.5 Å². The van der Waals surface area contributed by atoms with Gasteiger partial charge in [-0.05, 0) is 35.6 Å². The average molecular weight is 326 g/mol. The normalized spacial score (nSPS) is 20.0. The minimum absolute atomic E-state index is 0.0768. The molecule has 0 saturated carbocycles. The number of ether oxygens (including phenoxy) is 1. The number of anilines is 1. The first-order valence-corrected chi connectivity index (χ1v) is 8.58. The standard InChI is InChI=1S/C20H26N2O2/c1-13(2)22-17-10-8-15-16(20(17)23)9-11-18(19(15)21)24-12-14-6-4-3-5-7-14/h3-7,9,11,13,17,20,22-23H,8,10,12,21H2,1-2H3/t17-,20-/m1/s1. The molecule has 4 N–H and O–H groups in total. The predicted octanol–water partition coefficient (Wildman–Crippen LogP) is 3.19. The summed E-state index contributed by atoms with van der Waals surface area (Å²) in [6, 6.07) is 14.3. The largest absolute Gasteiger partial charge is 0.487 e. The molecule has 3 rings (SSSR count). The number of fused-ring (bicyclic) bond motifs is 1. The van der Waals surface area contributed by atoms with E-state index in [-0.39, 0.29) is 6.04 Å². The second kappa shape index (κ2) is 7.24. The fourth-order valence-corrected chi connectivity index (χ4v) is 3.35. The SMILES string of the molecule is CC(C)N[C@@H]1CCc2c(ccc(OCc3ccccc3)c2N)[C@H]1O. The molecule has 1 aliphatic rings. The Kier molecular flexibility index (Phi) is 5.07. The fraction of sp³-hybridized carbons (Fsp3) is 0.400. The Hall–Kier alpha value is -2.04. The summed E-state index contributed by atoms with van der Waals surface area (Å²) < 4.78 is 5.89. The number of aliphatic hydroxyl groups excluding tert-OH is 1. The van der Waals surface area contributed by atoms with Crippen LogP contribution in [0.25, 0.3) is 0 Å². The van der Waals surface area contributed by atoms with Crippen molar-refractivity contribution in [2.45, 2.75) is 51.5 Å². The molecular formula is C20H26N2O2. The van der Waals surface area contributed by atoms with Crippen LogP contribution in [0.4, 0.5) is 5.69 Å². The minimum atomic E-state index is -0.526. The summed E-state index contributed by atoms with van der Waals surface area (Å²) in [6.45, 7) is 4.68. The molecule has 0 radical (unpaired) electrons. The summed E-state index contributed by atoms with van der Waals surface area (Å²) in [5, 5.41) is 14.1. The van der Waals surface area contributed by atoms with Gasteiger partial charge in [-0.3, -0.25) is 0 Å². The fourth-order valence-electron chi connectivity index (χ4n) is 3.35. The molecule has 1 aliphatic carbocycles. The quantitative estimate of drug-likeness (QED) is 0.738. The summed E-state index contributed by atoms with van der Waals surface area (Å²) in [5.41, 5.74) is 10.0. The maximum Gasteiger partial charge on any atom is 0.142 e. The van der Waals surface area contributed by atoms with Gasteiger partial charge in [0.2, 0.25) is 0 Å². The van der Waals surface area contributed by atoms with E-state index in [0.29, 0.717) is 24.1 Å². The molecule has 0 heterocycles. The predicted molar refractivity (Wildman–Crippen MR) is 97.0 cm³/mol. The second-order valence-corrected chi connectivity index (χ2v) is 6.73. The topological polar surface area (TPSA) is 67.5 Å². The first-order valence-electron chi connectivity index (χ1n) is 8.58. The van der Waals surface area contributed by atoms with Crippen LogP contribution in [-0.4, -0.2) is 17.2 Å². The van der Waals surface area contributed by atoms with Crippen LogP contribution < -0.4 is 15.8 Å². The highest BCUT2D eigenvalue weighted by atomic mass is 16.5. The van der Waals surface area contributed by atoms with Gasteiger partial charge < -0.3 is 20.9 Å². The first-order chi connectivity index (χ1) is 11.6. The van der Waals surface area contributed by atoms with Crippen LogP contribution in [0.3, 0.4) is 0 Å². The summed E-state index contributed by atoms with van der Waals surface area (Å²) in [6.07, 6.45) is 1.20.